The van der Waals surface area contributed by atoms with Gasteiger partial charge in [0.25, 0.3) is 0 Å². The molecule has 2 rings (SSSR count). The van der Waals surface area contributed by atoms with Crippen molar-refractivity contribution in [1.82, 2.24) is 5.32 Å². The second-order valence-corrected chi connectivity index (χ2v) is 5.26. The Balaban J connectivity index is 2.28. The molecule has 0 saturated heterocycles. The molecular weight excluding hydrogens is 278 g/mol. The van der Waals surface area contributed by atoms with Crippen molar-refractivity contribution >= 4 is 5.97 Å². The maximum absolute atomic E-state index is 11.8. The largest absolute Gasteiger partial charge is 0.480 e. The molecule has 1 atom stereocenters. The monoisotopic (exact) mass is 299 g/mol. The Bertz CT molecular complexity index is 610. The van der Waals surface area contributed by atoms with Crippen LogP contribution in [0.4, 0.5) is 0 Å². The molecule has 4 heteroatoms. The minimum Gasteiger partial charge on any atom is -0.480 e. The number of aliphatic hydroxyl groups is 1. The Morgan fingerprint density at radius 2 is 1.68 bits per heavy atom. The summed E-state index contributed by atoms with van der Waals surface area (Å²) in [6.07, 6.45) is 0.886. The Labute approximate surface area is 130 Å². The molecule has 116 valence electrons. The van der Waals surface area contributed by atoms with E-state index in [4.69, 9.17) is 0 Å². The first-order valence-corrected chi connectivity index (χ1v) is 7.35. The molecule has 0 heterocycles. The highest BCUT2D eigenvalue weighted by molar-refractivity contribution is 5.81. The van der Waals surface area contributed by atoms with E-state index in [1.54, 1.807) is 12.1 Å². The van der Waals surface area contributed by atoms with Gasteiger partial charge in [-0.25, -0.2) is 4.79 Å². The van der Waals surface area contributed by atoms with Crippen molar-refractivity contribution in [3.8, 4) is 0 Å². The summed E-state index contributed by atoms with van der Waals surface area (Å²) >= 11 is 0. The van der Waals surface area contributed by atoms with Gasteiger partial charge in [-0.2, -0.15) is 0 Å². The van der Waals surface area contributed by atoms with Crippen molar-refractivity contribution in [2.24, 2.45) is 0 Å². The highest BCUT2D eigenvalue weighted by Gasteiger charge is 2.39. The summed E-state index contributed by atoms with van der Waals surface area (Å²) in [5, 5.41) is 22.4. The molecule has 0 spiro atoms. The van der Waals surface area contributed by atoms with Gasteiger partial charge in [-0.3, -0.25) is 5.32 Å². The number of hydrogen-bond acceptors (Lipinski definition) is 3. The van der Waals surface area contributed by atoms with Gasteiger partial charge >= 0.3 is 5.97 Å². The summed E-state index contributed by atoms with van der Waals surface area (Å²) in [4.78, 5) is 11.8. The molecule has 0 bridgehead atoms. The van der Waals surface area contributed by atoms with E-state index < -0.39 is 18.1 Å². The first-order valence-electron chi connectivity index (χ1n) is 7.35. The van der Waals surface area contributed by atoms with Crippen molar-refractivity contribution in [2.45, 2.75) is 25.4 Å². The number of hydrogen-bond donors (Lipinski definition) is 3. The van der Waals surface area contributed by atoms with E-state index in [9.17, 15) is 15.0 Å². The highest BCUT2D eigenvalue weighted by Crippen LogP contribution is 2.23. The van der Waals surface area contributed by atoms with E-state index in [1.807, 2.05) is 49.4 Å². The third-order valence-corrected chi connectivity index (χ3v) is 3.89. The number of carboxylic acids is 1. The minimum absolute atomic E-state index is 0.364. The molecule has 22 heavy (non-hydrogen) atoms. The molecule has 0 saturated carbocycles. The van der Waals surface area contributed by atoms with Crippen LogP contribution < -0.4 is 5.32 Å². The highest BCUT2D eigenvalue weighted by atomic mass is 16.4. The van der Waals surface area contributed by atoms with Crippen molar-refractivity contribution in [3.63, 3.8) is 0 Å². The van der Waals surface area contributed by atoms with Crippen LogP contribution in [0.25, 0.3) is 0 Å². The molecule has 0 aromatic heterocycles. The van der Waals surface area contributed by atoms with Crippen molar-refractivity contribution in [3.05, 3.63) is 71.3 Å². The van der Waals surface area contributed by atoms with Crippen LogP contribution in [0.15, 0.2) is 54.6 Å². The minimum atomic E-state index is -1.50. The number of aliphatic hydroxyl groups excluding tert-OH is 1. The van der Waals surface area contributed by atoms with E-state index in [2.05, 4.69) is 5.32 Å². The second kappa shape index (κ2) is 7.20. The molecule has 0 radical (unpaired) electrons. The molecule has 0 fully saturated rings. The number of aryl methyl sites for hydroxylation is 1. The van der Waals surface area contributed by atoms with Crippen molar-refractivity contribution in [2.75, 3.05) is 6.61 Å². The topological polar surface area (TPSA) is 69.6 Å². The lowest BCUT2D eigenvalue weighted by atomic mass is 9.89. The number of carbonyl (C=O) groups is 1. The van der Waals surface area contributed by atoms with E-state index in [1.165, 1.54) is 0 Å². The van der Waals surface area contributed by atoms with Gasteiger partial charge in [-0.15, -0.1) is 0 Å². The molecule has 0 aliphatic rings. The summed E-state index contributed by atoms with van der Waals surface area (Å²) in [6.45, 7) is 1.89. The Morgan fingerprint density at radius 3 is 2.18 bits per heavy atom. The average Bonchev–Trinajstić information content (AvgIpc) is 2.57. The quantitative estimate of drug-likeness (QED) is 0.734. The number of aliphatic carboxylic acids is 1. The molecule has 0 aliphatic carbocycles. The van der Waals surface area contributed by atoms with Crippen LogP contribution >= 0.6 is 0 Å². The maximum Gasteiger partial charge on any atom is 0.331 e. The van der Waals surface area contributed by atoms with Crippen LogP contribution in [0.2, 0.25) is 0 Å². The van der Waals surface area contributed by atoms with Gasteiger partial charge in [0.2, 0.25) is 0 Å². The van der Waals surface area contributed by atoms with Crippen molar-refractivity contribution in [1.29, 1.82) is 0 Å². The van der Waals surface area contributed by atoms with Crippen LogP contribution in [0.1, 0.15) is 23.6 Å². The molecular formula is C18H21NO3. The smallest absolute Gasteiger partial charge is 0.331 e. The zero-order valence-electron chi connectivity index (χ0n) is 12.6. The standard InChI is InChI=1S/C18H21NO3/c1-2-14-8-10-16(11-9-14)18(13-20,17(21)22)19-12-15-6-4-3-5-7-15/h3-11,19-20H,2,12-13H2,1H3,(H,21,22)/t18-/m1/s1. The summed E-state index contributed by atoms with van der Waals surface area (Å²) in [5.74, 6) is -1.09. The summed E-state index contributed by atoms with van der Waals surface area (Å²) in [6, 6.07) is 16.8. The van der Waals surface area contributed by atoms with Gasteiger partial charge in [0.1, 0.15) is 0 Å². The SMILES string of the molecule is CCc1ccc([C@@](CO)(NCc2ccccc2)C(=O)O)cc1. The van der Waals surface area contributed by atoms with E-state index in [0.717, 1.165) is 17.5 Å². The lowest BCUT2D eigenvalue weighted by Crippen LogP contribution is -2.51. The third kappa shape index (κ3) is 3.35. The third-order valence-electron chi connectivity index (χ3n) is 3.89. The maximum atomic E-state index is 11.8. The van der Waals surface area contributed by atoms with Crippen LogP contribution in [-0.2, 0) is 23.3 Å². The van der Waals surface area contributed by atoms with Gasteiger partial charge in [0.15, 0.2) is 5.54 Å². The molecule has 2 aromatic rings. The first-order chi connectivity index (χ1) is 10.6. The number of benzene rings is 2. The fraction of sp³-hybridized carbons (Fsp3) is 0.278. The van der Waals surface area contributed by atoms with E-state index in [-0.39, 0.29) is 0 Å². The summed E-state index contributed by atoms with van der Waals surface area (Å²) in [7, 11) is 0. The zero-order valence-corrected chi connectivity index (χ0v) is 12.6. The number of carboxylic acid groups (broad SMARTS) is 1. The fourth-order valence-electron chi connectivity index (χ4n) is 2.39. The summed E-state index contributed by atoms with van der Waals surface area (Å²) < 4.78 is 0. The molecule has 0 aliphatic heterocycles. The molecule has 0 amide bonds. The Morgan fingerprint density at radius 1 is 1.05 bits per heavy atom. The van der Waals surface area contributed by atoms with Gasteiger partial charge in [-0.1, -0.05) is 61.5 Å². The van der Waals surface area contributed by atoms with Gasteiger partial charge in [0, 0.05) is 6.54 Å². The van der Waals surface area contributed by atoms with E-state index >= 15 is 0 Å². The lowest BCUT2D eigenvalue weighted by molar-refractivity contribution is -0.147. The predicted octanol–water partition coefficient (Wildman–Crippen LogP) is 2.31. The van der Waals surface area contributed by atoms with Gasteiger partial charge in [0.05, 0.1) is 6.61 Å². The molecule has 2 aromatic carbocycles. The molecule has 0 unspecified atom stereocenters. The van der Waals surface area contributed by atoms with Gasteiger partial charge < -0.3 is 10.2 Å². The number of nitrogens with one attached hydrogen (secondary N) is 1. The normalized spacial score (nSPS) is 13.5. The van der Waals surface area contributed by atoms with Gasteiger partial charge in [-0.05, 0) is 23.1 Å². The summed E-state index contributed by atoms with van der Waals surface area (Å²) in [5.41, 5.74) is 1.15. The second-order valence-electron chi connectivity index (χ2n) is 5.26. The molecule has 3 N–H and O–H groups in total. The average molecular weight is 299 g/mol. The Hall–Kier alpha value is -2.17. The van der Waals surface area contributed by atoms with Crippen LogP contribution in [0.3, 0.4) is 0 Å². The van der Waals surface area contributed by atoms with E-state index in [0.29, 0.717) is 12.1 Å². The zero-order chi connectivity index (χ0) is 16.0. The van der Waals surface area contributed by atoms with Crippen LogP contribution in [0, 0.1) is 0 Å². The van der Waals surface area contributed by atoms with Crippen molar-refractivity contribution < 1.29 is 15.0 Å². The molecule has 4 nitrogen and oxygen atoms in total. The number of rotatable bonds is 7. The predicted molar refractivity (Wildman–Crippen MR) is 85.5 cm³/mol. The Kier molecular flexibility index (Phi) is 5.31. The van der Waals surface area contributed by atoms with Crippen LogP contribution in [-0.4, -0.2) is 22.8 Å². The van der Waals surface area contributed by atoms with Crippen LogP contribution in [0.5, 0.6) is 0 Å². The lowest BCUT2D eigenvalue weighted by Gasteiger charge is -2.29. The first kappa shape index (κ1) is 16.2. The fourth-order valence-corrected chi connectivity index (χ4v) is 2.39.